The van der Waals surface area contributed by atoms with E-state index in [1.54, 1.807) is 0 Å². The molecule has 1 aromatic rings. The Hall–Kier alpha value is -0.100. The Bertz CT molecular complexity index is 402. The SMILES string of the molecule is CCN(CC)C(=O)c1cc(C)cc(Br)c1I. The molecule has 0 saturated heterocycles. The maximum atomic E-state index is 12.2. The normalized spacial score (nSPS) is 10.3. The van der Waals surface area contributed by atoms with E-state index in [2.05, 4.69) is 38.5 Å². The number of aryl methyl sites for hydroxylation is 1. The Morgan fingerprint density at radius 2 is 1.94 bits per heavy atom. The zero-order valence-electron chi connectivity index (χ0n) is 9.68. The second-order valence-electron chi connectivity index (χ2n) is 3.59. The molecule has 0 N–H and O–H groups in total. The van der Waals surface area contributed by atoms with Gasteiger partial charge in [0, 0.05) is 21.1 Å². The molecule has 1 rings (SSSR count). The number of benzene rings is 1. The van der Waals surface area contributed by atoms with Gasteiger partial charge >= 0.3 is 0 Å². The Morgan fingerprint density at radius 3 is 2.44 bits per heavy atom. The monoisotopic (exact) mass is 395 g/mol. The van der Waals surface area contributed by atoms with Crippen molar-refractivity contribution in [1.29, 1.82) is 0 Å². The lowest BCUT2D eigenvalue weighted by Crippen LogP contribution is -2.31. The number of halogens is 2. The van der Waals surface area contributed by atoms with Gasteiger partial charge in [0.1, 0.15) is 0 Å². The smallest absolute Gasteiger partial charge is 0.254 e. The van der Waals surface area contributed by atoms with Gasteiger partial charge in [-0.15, -0.1) is 0 Å². The minimum Gasteiger partial charge on any atom is -0.339 e. The summed E-state index contributed by atoms with van der Waals surface area (Å²) in [5.74, 6) is 0.110. The lowest BCUT2D eigenvalue weighted by atomic mass is 10.1. The topological polar surface area (TPSA) is 20.3 Å². The highest BCUT2D eigenvalue weighted by molar-refractivity contribution is 14.1. The van der Waals surface area contributed by atoms with Crippen molar-refractivity contribution in [2.45, 2.75) is 20.8 Å². The molecule has 2 nitrogen and oxygen atoms in total. The van der Waals surface area contributed by atoms with Crippen molar-refractivity contribution in [3.8, 4) is 0 Å². The van der Waals surface area contributed by atoms with Crippen LogP contribution in [0.5, 0.6) is 0 Å². The average molecular weight is 396 g/mol. The summed E-state index contributed by atoms with van der Waals surface area (Å²) in [5, 5.41) is 0. The molecule has 0 spiro atoms. The predicted octanol–water partition coefficient (Wildman–Crippen LogP) is 3.84. The van der Waals surface area contributed by atoms with Crippen LogP contribution in [0.1, 0.15) is 29.8 Å². The van der Waals surface area contributed by atoms with Crippen molar-refractivity contribution in [2.75, 3.05) is 13.1 Å². The maximum Gasteiger partial charge on any atom is 0.254 e. The summed E-state index contributed by atoms with van der Waals surface area (Å²) < 4.78 is 1.98. The fraction of sp³-hybridized carbons (Fsp3) is 0.417. The van der Waals surface area contributed by atoms with Gasteiger partial charge in [-0.05, 0) is 77.0 Å². The zero-order chi connectivity index (χ0) is 12.3. The summed E-state index contributed by atoms with van der Waals surface area (Å²) in [6, 6.07) is 3.98. The van der Waals surface area contributed by atoms with Crippen LogP contribution in [0.15, 0.2) is 16.6 Å². The molecule has 4 heteroatoms. The minimum atomic E-state index is 0.110. The largest absolute Gasteiger partial charge is 0.339 e. The second kappa shape index (κ2) is 6.00. The Labute approximate surface area is 119 Å². The molecule has 0 radical (unpaired) electrons. The molecule has 0 aliphatic heterocycles. The highest BCUT2D eigenvalue weighted by Crippen LogP contribution is 2.25. The minimum absolute atomic E-state index is 0.110. The predicted molar refractivity (Wildman–Crippen MR) is 78.8 cm³/mol. The highest BCUT2D eigenvalue weighted by atomic mass is 127. The zero-order valence-corrected chi connectivity index (χ0v) is 13.4. The molecular weight excluding hydrogens is 381 g/mol. The summed E-state index contributed by atoms with van der Waals surface area (Å²) >= 11 is 5.69. The number of nitrogens with zero attached hydrogens (tertiary/aromatic N) is 1. The van der Waals surface area contributed by atoms with Crippen molar-refractivity contribution < 1.29 is 4.79 Å². The lowest BCUT2D eigenvalue weighted by molar-refractivity contribution is 0.0771. The van der Waals surface area contributed by atoms with E-state index in [1.165, 1.54) is 0 Å². The Kier molecular flexibility index (Phi) is 5.24. The molecule has 1 aromatic carbocycles. The van der Waals surface area contributed by atoms with Gasteiger partial charge in [0.2, 0.25) is 0 Å². The van der Waals surface area contributed by atoms with Crippen molar-refractivity contribution in [1.82, 2.24) is 4.90 Å². The van der Waals surface area contributed by atoms with Crippen molar-refractivity contribution in [3.63, 3.8) is 0 Å². The second-order valence-corrected chi connectivity index (χ2v) is 5.52. The van der Waals surface area contributed by atoms with Gasteiger partial charge in [-0.3, -0.25) is 4.79 Å². The van der Waals surface area contributed by atoms with Gasteiger partial charge in [0.05, 0.1) is 5.56 Å². The number of rotatable bonds is 3. The molecule has 0 aliphatic carbocycles. The van der Waals surface area contributed by atoms with Crippen LogP contribution in [-0.2, 0) is 0 Å². The van der Waals surface area contributed by atoms with Crippen LogP contribution in [0.2, 0.25) is 0 Å². The lowest BCUT2D eigenvalue weighted by Gasteiger charge is -2.20. The van der Waals surface area contributed by atoms with E-state index in [1.807, 2.05) is 37.8 Å². The molecule has 0 bridgehead atoms. The van der Waals surface area contributed by atoms with Crippen molar-refractivity contribution >= 4 is 44.4 Å². The maximum absolute atomic E-state index is 12.2. The quantitative estimate of drug-likeness (QED) is 0.712. The van der Waals surface area contributed by atoms with E-state index in [9.17, 15) is 4.79 Å². The molecule has 0 atom stereocenters. The van der Waals surface area contributed by atoms with Crippen LogP contribution >= 0.6 is 38.5 Å². The van der Waals surface area contributed by atoms with Gasteiger partial charge < -0.3 is 4.90 Å². The summed E-state index contributed by atoms with van der Waals surface area (Å²) in [4.78, 5) is 14.1. The van der Waals surface area contributed by atoms with E-state index >= 15 is 0 Å². The molecule has 0 unspecified atom stereocenters. The van der Waals surface area contributed by atoms with E-state index in [4.69, 9.17) is 0 Å². The summed E-state index contributed by atoms with van der Waals surface area (Å²) in [6.07, 6.45) is 0. The van der Waals surface area contributed by atoms with E-state index in [0.29, 0.717) is 0 Å². The highest BCUT2D eigenvalue weighted by Gasteiger charge is 2.17. The van der Waals surface area contributed by atoms with Crippen LogP contribution in [0.4, 0.5) is 0 Å². The first-order chi connectivity index (χ1) is 7.51. The summed E-state index contributed by atoms with van der Waals surface area (Å²) in [5.41, 5.74) is 1.89. The van der Waals surface area contributed by atoms with Gasteiger partial charge in [0.15, 0.2) is 0 Å². The van der Waals surface area contributed by atoms with Crippen LogP contribution in [-0.4, -0.2) is 23.9 Å². The van der Waals surface area contributed by atoms with Gasteiger partial charge in [0.25, 0.3) is 5.91 Å². The number of carbonyl (C=O) groups is 1. The average Bonchev–Trinajstić information content (AvgIpc) is 2.24. The molecule has 0 fully saturated rings. The molecular formula is C12H15BrINO. The number of amides is 1. The van der Waals surface area contributed by atoms with Gasteiger partial charge in [-0.25, -0.2) is 0 Å². The van der Waals surface area contributed by atoms with E-state index < -0.39 is 0 Å². The molecule has 1 amide bonds. The Morgan fingerprint density at radius 1 is 1.38 bits per heavy atom. The summed E-state index contributed by atoms with van der Waals surface area (Å²) in [7, 11) is 0. The van der Waals surface area contributed by atoms with Crippen molar-refractivity contribution in [3.05, 3.63) is 31.3 Å². The molecule has 16 heavy (non-hydrogen) atoms. The van der Waals surface area contributed by atoms with Gasteiger partial charge in [-0.2, -0.15) is 0 Å². The first-order valence-corrected chi connectivity index (χ1v) is 7.13. The fourth-order valence-electron chi connectivity index (χ4n) is 1.56. The number of hydrogen-bond acceptors (Lipinski definition) is 1. The van der Waals surface area contributed by atoms with Crippen LogP contribution in [0.3, 0.4) is 0 Å². The van der Waals surface area contributed by atoms with Crippen molar-refractivity contribution in [2.24, 2.45) is 0 Å². The molecule has 0 saturated carbocycles. The molecule has 0 aliphatic rings. The third-order valence-corrected chi connectivity index (χ3v) is 4.98. The first kappa shape index (κ1) is 14.0. The molecule has 0 aromatic heterocycles. The van der Waals surface area contributed by atoms with Crippen LogP contribution < -0.4 is 0 Å². The van der Waals surface area contributed by atoms with E-state index in [0.717, 1.165) is 32.3 Å². The number of hydrogen-bond donors (Lipinski definition) is 0. The Balaban J connectivity index is 3.17. The molecule has 0 heterocycles. The van der Waals surface area contributed by atoms with E-state index in [-0.39, 0.29) is 5.91 Å². The van der Waals surface area contributed by atoms with Crippen LogP contribution in [0.25, 0.3) is 0 Å². The fourth-order valence-corrected chi connectivity index (χ4v) is 2.68. The molecule has 88 valence electrons. The van der Waals surface area contributed by atoms with Gasteiger partial charge in [-0.1, -0.05) is 0 Å². The third kappa shape index (κ3) is 2.97. The first-order valence-electron chi connectivity index (χ1n) is 5.26. The third-order valence-electron chi connectivity index (χ3n) is 2.45. The summed E-state index contributed by atoms with van der Waals surface area (Å²) in [6.45, 7) is 7.49. The van der Waals surface area contributed by atoms with Crippen LogP contribution in [0, 0.1) is 10.5 Å². The standard InChI is InChI=1S/C12H15BrINO/c1-4-15(5-2)12(16)9-6-8(3)7-10(13)11(9)14/h6-7H,4-5H2,1-3H3. The number of carbonyl (C=O) groups excluding carboxylic acids is 1.